The van der Waals surface area contributed by atoms with Crippen molar-refractivity contribution in [3.8, 4) is 0 Å². The average molecular weight is 183 g/mol. The van der Waals surface area contributed by atoms with Gasteiger partial charge in [0, 0.05) is 6.42 Å². The first-order chi connectivity index (χ1) is 6.20. The van der Waals surface area contributed by atoms with Crippen LogP contribution in [0.25, 0.3) is 4.98 Å². The number of aliphatic hydroxyl groups excluding tert-OH is 1. The summed E-state index contributed by atoms with van der Waals surface area (Å²) in [6.07, 6.45) is 3.89. The van der Waals surface area contributed by atoms with Crippen molar-refractivity contribution < 1.29 is 9.84 Å². The molecule has 0 fully saturated rings. The maximum atomic E-state index is 9.06. The number of ether oxygens (including phenoxy) is 1. The Balaban J connectivity index is 3.58. The molecule has 1 atom stereocenters. The van der Waals surface area contributed by atoms with E-state index in [1.807, 2.05) is 6.92 Å². The predicted molar refractivity (Wildman–Crippen MR) is 50.6 cm³/mol. The van der Waals surface area contributed by atoms with Crippen molar-refractivity contribution in [1.29, 1.82) is 5.39 Å². The van der Waals surface area contributed by atoms with Gasteiger partial charge in [0.1, 0.15) is 0 Å². The normalized spacial score (nSPS) is 13.4. The lowest BCUT2D eigenvalue weighted by atomic mass is 10.2. The highest BCUT2D eigenvalue weighted by Crippen LogP contribution is 2.07. The highest BCUT2D eigenvalue weighted by Gasteiger charge is 2.05. The van der Waals surface area contributed by atoms with E-state index in [1.54, 1.807) is 6.08 Å². The van der Waals surface area contributed by atoms with Gasteiger partial charge < -0.3 is 9.84 Å². The van der Waals surface area contributed by atoms with Gasteiger partial charge in [-0.2, -0.15) is 0 Å². The molecule has 0 aromatic heterocycles. The van der Waals surface area contributed by atoms with Crippen molar-refractivity contribution in [1.82, 2.24) is 0 Å². The van der Waals surface area contributed by atoms with Gasteiger partial charge >= 0.3 is 6.20 Å². The molecule has 0 unspecified atom stereocenters. The van der Waals surface area contributed by atoms with E-state index in [1.165, 1.54) is 0 Å². The van der Waals surface area contributed by atoms with Gasteiger partial charge in [0.15, 0.2) is 10.7 Å². The Kier molecular flexibility index (Phi) is 6.56. The number of aliphatic hydroxyl groups is 1. The maximum absolute atomic E-state index is 9.06. The van der Waals surface area contributed by atoms with Crippen LogP contribution in [0.3, 0.4) is 0 Å². The zero-order valence-corrected chi connectivity index (χ0v) is 7.81. The zero-order chi connectivity index (χ0) is 10.1. The van der Waals surface area contributed by atoms with E-state index in [9.17, 15) is 0 Å². The quantitative estimate of drug-likeness (QED) is 0.391. The summed E-state index contributed by atoms with van der Waals surface area (Å²) >= 11 is 0. The second-order valence-corrected chi connectivity index (χ2v) is 2.71. The van der Waals surface area contributed by atoms with Gasteiger partial charge in [-0.25, -0.2) is 0 Å². The minimum atomic E-state index is 0.0524. The molecular weight excluding hydrogens is 168 g/mol. The smallest absolute Gasteiger partial charge is 0.387 e. The van der Waals surface area contributed by atoms with Crippen molar-refractivity contribution >= 4 is 0 Å². The van der Waals surface area contributed by atoms with Gasteiger partial charge in [0.2, 0.25) is 5.39 Å². The molecule has 0 rings (SSSR count). The summed E-state index contributed by atoms with van der Waals surface area (Å²) in [6.45, 7) is 5.94. The lowest BCUT2D eigenvalue weighted by molar-refractivity contribution is 0.0799. The first-order valence-corrected chi connectivity index (χ1v) is 4.15. The molecule has 0 aliphatic rings. The minimum absolute atomic E-state index is 0.0524. The first-order valence-electron chi connectivity index (χ1n) is 4.15. The SMILES string of the molecule is C=CCO[C@H](C)CC/C(O)=C/[N+]#N. The summed E-state index contributed by atoms with van der Waals surface area (Å²) in [4.78, 5) is 2.71. The van der Waals surface area contributed by atoms with Crippen LogP contribution in [0.4, 0.5) is 0 Å². The largest absolute Gasteiger partial charge is 0.505 e. The zero-order valence-electron chi connectivity index (χ0n) is 7.81. The molecule has 0 saturated carbocycles. The molecule has 0 aliphatic carbocycles. The Morgan fingerprint density at radius 2 is 2.46 bits per heavy atom. The minimum Gasteiger partial charge on any atom is -0.505 e. The van der Waals surface area contributed by atoms with Crippen molar-refractivity contribution in [2.45, 2.75) is 25.9 Å². The van der Waals surface area contributed by atoms with Crippen LogP contribution in [-0.4, -0.2) is 17.8 Å². The van der Waals surface area contributed by atoms with Crippen molar-refractivity contribution in [3.63, 3.8) is 0 Å². The average Bonchev–Trinajstić information content (AvgIpc) is 2.12. The van der Waals surface area contributed by atoms with Crippen LogP contribution in [0.15, 0.2) is 24.6 Å². The van der Waals surface area contributed by atoms with Gasteiger partial charge in [-0.05, 0) is 13.3 Å². The van der Waals surface area contributed by atoms with E-state index in [2.05, 4.69) is 11.6 Å². The molecule has 0 aromatic carbocycles. The molecule has 0 heterocycles. The summed E-state index contributed by atoms with van der Waals surface area (Å²) in [5.41, 5.74) is 0. The van der Waals surface area contributed by atoms with Gasteiger partial charge in [-0.1, -0.05) is 6.08 Å². The Morgan fingerprint density at radius 1 is 1.77 bits per heavy atom. The molecule has 0 bridgehead atoms. The molecule has 0 spiro atoms. The monoisotopic (exact) mass is 183 g/mol. The number of hydrogen-bond donors (Lipinski definition) is 1. The molecule has 0 aliphatic heterocycles. The number of hydrogen-bond acceptors (Lipinski definition) is 3. The van der Waals surface area contributed by atoms with Gasteiger partial charge in [0.25, 0.3) is 0 Å². The van der Waals surface area contributed by atoms with Crippen molar-refractivity contribution in [2.24, 2.45) is 0 Å². The molecule has 13 heavy (non-hydrogen) atoms. The fourth-order valence-corrected chi connectivity index (χ4v) is 0.798. The molecular formula is C9H15N2O2+. The van der Waals surface area contributed by atoms with Crippen LogP contribution in [0.1, 0.15) is 19.8 Å². The molecule has 72 valence electrons. The molecule has 0 saturated heterocycles. The fourth-order valence-electron chi connectivity index (χ4n) is 0.798. The third-order valence-electron chi connectivity index (χ3n) is 1.51. The number of rotatable bonds is 6. The van der Waals surface area contributed by atoms with Crippen LogP contribution >= 0.6 is 0 Å². The Morgan fingerprint density at radius 3 is 3.00 bits per heavy atom. The van der Waals surface area contributed by atoms with Crippen LogP contribution in [0.2, 0.25) is 0 Å². The number of diazo groups is 1. The highest BCUT2D eigenvalue weighted by atomic mass is 16.5. The summed E-state index contributed by atoms with van der Waals surface area (Å²) < 4.78 is 5.27. The second-order valence-electron chi connectivity index (χ2n) is 2.71. The third-order valence-corrected chi connectivity index (χ3v) is 1.51. The van der Waals surface area contributed by atoms with Gasteiger partial charge in [0.05, 0.1) is 12.7 Å². The van der Waals surface area contributed by atoms with Gasteiger partial charge in [-0.15, -0.1) is 6.58 Å². The summed E-state index contributed by atoms with van der Waals surface area (Å²) in [6, 6.07) is 0. The summed E-state index contributed by atoms with van der Waals surface area (Å²) in [5, 5.41) is 17.1. The van der Waals surface area contributed by atoms with Gasteiger partial charge in [-0.3, -0.25) is 0 Å². The van der Waals surface area contributed by atoms with Crippen molar-refractivity contribution in [3.05, 3.63) is 29.6 Å². The molecule has 1 N–H and O–H groups in total. The Labute approximate surface area is 78.1 Å². The Bertz CT molecular complexity index is 218. The van der Waals surface area contributed by atoms with Crippen LogP contribution in [-0.2, 0) is 4.74 Å². The van der Waals surface area contributed by atoms with E-state index in [4.69, 9.17) is 15.2 Å². The van der Waals surface area contributed by atoms with Crippen molar-refractivity contribution in [2.75, 3.05) is 6.61 Å². The second kappa shape index (κ2) is 7.32. The molecule has 4 heteroatoms. The summed E-state index contributed by atoms with van der Waals surface area (Å²) in [7, 11) is 0. The first kappa shape index (κ1) is 11.7. The van der Waals surface area contributed by atoms with Crippen LogP contribution in [0.5, 0.6) is 0 Å². The highest BCUT2D eigenvalue weighted by molar-refractivity contribution is 4.95. The topological polar surface area (TPSA) is 57.6 Å². The van der Waals surface area contributed by atoms with E-state index < -0.39 is 0 Å². The lowest BCUT2D eigenvalue weighted by Crippen LogP contribution is -2.08. The maximum Gasteiger partial charge on any atom is 0.387 e. The van der Waals surface area contributed by atoms with E-state index in [0.717, 1.165) is 6.20 Å². The molecule has 0 radical (unpaired) electrons. The molecule has 0 amide bonds. The Hall–Kier alpha value is -1.34. The predicted octanol–water partition coefficient (Wildman–Crippen LogP) is 2.61. The summed E-state index contributed by atoms with van der Waals surface area (Å²) in [5.74, 6) is 0.0524. The van der Waals surface area contributed by atoms with Crippen LogP contribution in [0, 0.1) is 5.39 Å². The fraction of sp³-hybridized carbons (Fsp3) is 0.556. The standard InChI is InChI=1S/C9H14N2O2/c1-3-6-13-8(2)4-5-9(12)7-11-10/h3,7-8H,1,4-6H2,2H3/p+1/b9-7-/t8-/m1/s1. The molecule has 0 aromatic rings. The van der Waals surface area contributed by atoms with E-state index in [-0.39, 0.29) is 11.9 Å². The third kappa shape index (κ3) is 7.04. The number of nitrogens with zero attached hydrogens (tertiary/aromatic N) is 2. The van der Waals surface area contributed by atoms with Crippen LogP contribution < -0.4 is 0 Å². The number of allylic oxidation sites excluding steroid dienone is 1. The lowest BCUT2D eigenvalue weighted by Gasteiger charge is -2.09. The molecule has 4 nitrogen and oxygen atoms in total. The van der Waals surface area contributed by atoms with E-state index in [0.29, 0.717) is 19.4 Å². The van der Waals surface area contributed by atoms with E-state index >= 15 is 0 Å².